The molecule has 2 N–H and O–H groups in total. The Bertz CT molecular complexity index is 1550. The maximum absolute atomic E-state index is 13.6. The molecule has 3 aromatic carbocycles. The summed E-state index contributed by atoms with van der Waals surface area (Å²) in [5.74, 6) is 1.33. The number of ether oxygens (including phenoxy) is 1. The van der Waals surface area contributed by atoms with Gasteiger partial charge in [0.25, 0.3) is 5.91 Å². The van der Waals surface area contributed by atoms with Gasteiger partial charge in [0.05, 0.1) is 17.1 Å². The van der Waals surface area contributed by atoms with Gasteiger partial charge in [-0.05, 0) is 81.9 Å². The second-order valence-electron chi connectivity index (χ2n) is 10.5. The molecule has 0 unspecified atom stereocenters. The molecule has 0 spiro atoms. The highest BCUT2D eigenvalue weighted by Crippen LogP contribution is 2.47. The lowest BCUT2D eigenvalue weighted by Crippen LogP contribution is -2.51. The molecule has 1 aromatic heterocycles. The molecule has 1 saturated carbocycles. The third-order valence-electron chi connectivity index (χ3n) is 7.67. The molecule has 6 rings (SSSR count). The topological polar surface area (TPSA) is 73.9 Å². The molecule has 3 amide bonds. The Labute approximate surface area is 232 Å². The Hall–Kier alpha value is -3.88. The first kappa shape index (κ1) is 25.4. The molecule has 0 saturated heterocycles. The van der Waals surface area contributed by atoms with Crippen LogP contribution in [0.25, 0.3) is 10.1 Å². The van der Waals surface area contributed by atoms with Crippen LogP contribution in [0.3, 0.4) is 0 Å². The van der Waals surface area contributed by atoms with E-state index < -0.39 is 0 Å². The Balaban J connectivity index is 1.32. The summed E-state index contributed by atoms with van der Waals surface area (Å²) in [5, 5.41) is 7.23. The van der Waals surface area contributed by atoms with Crippen molar-refractivity contribution in [3.8, 4) is 11.5 Å². The third-order valence-corrected chi connectivity index (χ3v) is 8.83. The third kappa shape index (κ3) is 4.75. The molecule has 0 bridgehead atoms. The van der Waals surface area contributed by atoms with Crippen molar-refractivity contribution in [1.29, 1.82) is 0 Å². The van der Waals surface area contributed by atoms with Crippen molar-refractivity contribution in [2.24, 2.45) is 0 Å². The molecule has 1 fully saturated rings. The first-order chi connectivity index (χ1) is 18.9. The Kier molecular flexibility index (Phi) is 6.74. The molecule has 2 heterocycles. The minimum atomic E-state index is -0.286. The van der Waals surface area contributed by atoms with Gasteiger partial charge in [0.1, 0.15) is 16.4 Å². The zero-order valence-corrected chi connectivity index (χ0v) is 23.2. The Morgan fingerprint density at radius 1 is 1.00 bits per heavy atom. The molecule has 4 aromatic rings. The molecule has 39 heavy (non-hydrogen) atoms. The van der Waals surface area contributed by atoms with Crippen molar-refractivity contribution in [1.82, 2.24) is 10.2 Å². The molecule has 2 atom stereocenters. The summed E-state index contributed by atoms with van der Waals surface area (Å²) in [5.41, 5.74) is 3.03. The molecule has 1 aliphatic carbocycles. The Morgan fingerprint density at radius 2 is 1.79 bits per heavy atom. The lowest BCUT2D eigenvalue weighted by molar-refractivity contribution is 0.0888. The lowest BCUT2D eigenvalue weighted by atomic mass is 9.89. The minimum absolute atomic E-state index is 0.0909. The zero-order valence-electron chi connectivity index (χ0n) is 22.4. The molecule has 0 radical (unpaired) electrons. The average molecular weight is 541 g/mol. The SMILES string of the molecule is Cc1cc(Oc2ccccc2)ccc1N1C(=O)Nc2c(C(=O)N[C@@H]3CCCC[C@@H]3N(C)C)sc3cccc1c23. The molecule has 7 nitrogen and oxygen atoms in total. The van der Waals surface area contributed by atoms with Gasteiger partial charge in [-0.2, -0.15) is 0 Å². The largest absolute Gasteiger partial charge is 0.457 e. The van der Waals surface area contributed by atoms with Gasteiger partial charge in [-0.25, -0.2) is 4.79 Å². The van der Waals surface area contributed by atoms with Gasteiger partial charge >= 0.3 is 6.03 Å². The summed E-state index contributed by atoms with van der Waals surface area (Å²) in [6, 6.07) is 21.3. The van der Waals surface area contributed by atoms with E-state index in [2.05, 4.69) is 29.6 Å². The number of nitrogens with one attached hydrogen (secondary N) is 2. The summed E-state index contributed by atoms with van der Waals surface area (Å²) in [6.45, 7) is 1.97. The fraction of sp³-hybridized carbons (Fsp3) is 0.290. The highest BCUT2D eigenvalue weighted by Gasteiger charge is 2.34. The number of carbonyl (C=O) groups is 2. The summed E-state index contributed by atoms with van der Waals surface area (Å²) in [6.07, 6.45) is 4.32. The maximum Gasteiger partial charge on any atom is 0.331 e. The van der Waals surface area contributed by atoms with E-state index in [0.717, 1.165) is 52.0 Å². The fourth-order valence-electron chi connectivity index (χ4n) is 5.81. The van der Waals surface area contributed by atoms with Crippen LogP contribution in [0.1, 0.15) is 40.9 Å². The van der Waals surface area contributed by atoms with E-state index in [4.69, 9.17) is 4.74 Å². The van der Waals surface area contributed by atoms with Gasteiger partial charge in [-0.3, -0.25) is 9.69 Å². The van der Waals surface area contributed by atoms with Crippen LogP contribution in [0, 0.1) is 6.92 Å². The number of anilines is 3. The summed E-state index contributed by atoms with van der Waals surface area (Å²) in [4.78, 5) is 31.6. The standard InChI is InChI=1S/C31H32N4O3S/c1-19-18-21(38-20-10-5-4-6-11-20)16-17-23(19)35-25-14-9-15-26-27(25)28(33-31(35)37)29(39-26)30(36)32-22-12-7-8-13-24(22)34(2)3/h4-6,9-11,14-18,22,24H,7-8,12-13H2,1-3H3,(H,32,36)(H,33,37)/t22-,24+/m1/s1. The quantitative estimate of drug-likeness (QED) is 0.269. The monoisotopic (exact) mass is 540 g/mol. The molecule has 2 aliphatic rings. The number of hydrogen-bond donors (Lipinski definition) is 2. The van der Waals surface area contributed by atoms with E-state index in [-0.39, 0.29) is 18.0 Å². The van der Waals surface area contributed by atoms with E-state index in [1.165, 1.54) is 17.8 Å². The zero-order chi connectivity index (χ0) is 27.1. The van der Waals surface area contributed by atoms with Crippen LogP contribution in [0.2, 0.25) is 0 Å². The first-order valence-electron chi connectivity index (χ1n) is 13.4. The summed E-state index contributed by atoms with van der Waals surface area (Å²) >= 11 is 1.43. The lowest BCUT2D eigenvalue weighted by Gasteiger charge is -2.36. The van der Waals surface area contributed by atoms with Gasteiger partial charge in [0.15, 0.2) is 0 Å². The summed E-state index contributed by atoms with van der Waals surface area (Å²) in [7, 11) is 4.14. The molecular weight excluding hydrogens is 508 g/mol. The van der Waals surface area contributed by atoms with Crippen molar-refractivity contribution in [3.63, 3.8) is 0 Å². The van der Waals surface area contributed by atoms with Gasteiger partial charge in [0.2, 0.25) is 0 Å². The van der Waals surface area contributed by atoms with Crippen molar-refractivity contribution >= 4 is 50.4 Å². The van der Waals surface area contributed by atoms with Crippen LogP contribution in [0.5, 0.6) is 11.5 Å². The predicted octanol–water partition coefficient (Wildman–Crippen LogP) is 7.29. The normalized spacial score (nSPS) is 18.8. The van der Waals surface area contributed by atoms with Crippen LogP contribution in [-0.4, -0.2) is 43.0 Å². The number of rotatable bonds is 6. The number of urea groups is 1. The minimum Gasteiger partial charge on any atom is -0.457 e. The van der Waals surface area contributed by atoms with Crippen molar-refractivity contribution in [2.75, 3.05) is 24.3 Å². The maximum atomic E-state index is 13.6. The van der Waals surface area contributed by atoms with Gasteiger partial charge < -0.3 is 20.3 Å². The van der Waals surface area contributed by atoms with E-state index in [0.29, 0.717) is 22.4 Å². The molecule has 200 valence electrons. The predicted molar refractivity (Wildman–Crippen MR) is 158 cm³/mol. The van der Waals surface area contributed by atoms with E-state index in [9.17, 15) is 9.59 Å². The summed E-state index contributed by atoms with van der Waals surface area (Å²) < 4.78 is 6.96. The van der Waals surface area contributed by atoms with E-state index in [1.54, 1.807) is 4.90 Å². The van der Waals surface area contributed by atoms with Gasteiger partial charge in [0, 0.05) is 22.2 Å². The smallest absolute Gasteiger partial charge is 0.331 e. The van der Waals surface area contributed by atoms with Crippen LogP contribution in [-0.2, 0) is 0 Å². The van der Waals surface area contributed by atoms with Crippen LogP contribution >= 0.6 is 11.3 Å². The molecule has 1 aliphatic heterocycles. The van der Waals surface area contributed by atoms with Crippen LogP contribution < -0.4 is 20.3 Å². The van der Waals surface area contributed by atoms with Gasteiger partial charge in [-0.15, -0.1) is 11.3 Å². The highest BCUT2D eigenvalue weighted by molar-refractivity contribution is 7.21. The second kappa shape index (κ2) is 10.4. The number of benzene rings is 3. The Morgan fingerprint density at radius 3 is 2.56 bits per heavy atom. The molecular formula is C31H32N4O3S. The fourth-order valence-corrected chi connectivity index (χ4v) is 6.89. The second-order valence-corrected chi connectivity index (χ2v) is 11.5. The van der Waals surface area contributed by atoms with E-state index in [1.807, 2.05) is 73.7 Å². The number of likely N-dealkylation sites (N-methyl/N-ethyl adjacent to an activating group) is 1. The number of aryl methyl sites for hydroxylation is 1. The number of carbonyl (C=O) groups excluding carboxylic acids is 2. The number of nitrogens with zero attached hydrogens (tertiary/aromatic N) is 2. The van der Waals surface area contributed by atoms with Crippen molar-refractivity contribution < 1.29 is 14.3 Å². The van der Waals surface area contributed by atoms with Gasteiger partial charge in [-0.1, -0.05) is 37.1 Å². The number of thiophene rings is 1. The first-order valence-corrected chi connectivity index (χ1v) is 14.2. The number of para-hydroxylation sites is 1. The molecule has 8 heteroatoms. The van der Waals surface area contributed by atoms with Crippen LogP contribution in [0.15, 0.2) is 66.7 Å². The van der Waals surface area contributed by atoms with E-state index >= 15 is 0 Å². The number of hydrogen-bond acceptors (Lipinski definition) is 5. The van der Waals surface area contributed by atoms with Crippen molar-refractivity contribution in [2.45, 2.75) is 44.7 Å². The van der Waals surface area contributed by atoms with Crippen LogP contribution in [0.4, 0.5) is 21.9 Å². The van der Waals surface area contributed by atoms with Crippen molar-refractivity contribution in [3.05, 3.63) is 77.2 Å². The number of amides is 3. The highest BCUT2D eigenvalue weighted by atomic mass is 32.1. The average Bonchev–Trinajstić information content (AvgIpc) is 3.30.